The van der Waals surface area contributed by atoms with E-state index in [0.29, 0.717) is 19.5 Å². The van der Waals surface area contributed by atoms with Crippen LogP contribution >= 0.6 is 0 Å². The summed E-state index contributed by atoms with van der Waals surface area (Å²) in [5.74, 6) is -0.789. The van der Waals surface area contributed by atoms with E-state index in [1.165, 1.54) is 18.9 Å². The van der Waals surface area contributed by atoms with E-state index in [0.717, 1.165) is 0 Å². The molecule has 0 aromatic heterocycles. The Bertz CT molecular complexity index is 329. The van der Waals surface area contributed by atoms with Crippen molar-refractivity contribution in [2.24, 2.45) is 5.92 Å². The van der Waals surface area contributed by atoms with Gasteiger partial charge < -0.3 is 14.5 Å². The van der Waals surface area contributed by atoms with Gasteiger partial charge >= 0.3 is 5.97 Å². The molecule has 1 heterocycles. The first-order chi connectivity index (χ1) is 7.95. The Labute approximate surface area is 101 Å². The second-order valence-electron chi connectivity index (χ2n) is 4.22. The number of amides is 2. The average Bonchev–Trinajstić information content (AvgIpc) is 2.77. The maximum absolute atomic E-state index is 11.8. The standard InChI is InChI=1S/C11H18N2O4/c1-8(14)12(2)7-10(15)13-5-4-9(6-13)11(16)17-3/h9H,4-7H2,1-3H3. The predicted molar refractivity (Wildman–Crippen MR) is 60.0 cm³/mol. The maximum Gasteiger partial charge on any atom is 0.310 e. The first-order valence-electron chi connectivity index (χ1n) is 5.53. The zero-order chi connectivity index (χ0) is 13.0. The molecule has 6 heteroatoms. The second kappa shape index (κ2) is 5.65. The molecule has 96 valence electrons. The average molecular weight is 242 g/mol. The summed E-state index contributed by atoms with van der Waals surface area (Å²) in [5, 5.41) is 0. The van der Waals surface area contributed by atoms with E-state index in [-0.39, 0.29) is 30.2 Å². The molecule has 17 heavy (non-hydrogen) atoms. The molecule has 1 unspecified atom stereocenters. The lowest BCUT2D eigenvalue weighted by Crippen LogP contribution is -2.39. The van der Waals surface area contributed by atoms with Gasteiger partial charge in [0, 0.05) is 27.1 Å². The van der Waals surface area contributed by atoms with Gasteiger partial charge in [0.2, 0.25) is 11.8 Å². The lowest BCUT2D eigenvalue weighted by molar-refractivity contribution is -0.145. The Morgan fingerprint density at radius 2 is 2.06 bits per heavy atom. The molecule has 1 atom stereocenters. The SMILES string of the molecule is COC(=O)C1CCN(C(=O)CN(C)C(C)=O)C1. The van der Waals surface area contributed by atoms with Crippen molar-refractivity contribution >= 4 is 17.8 Å². The molecule has 0 saturated carbocycles. The number of rotatable bonds is 3. The van der Waals surface area contributed by atoms with Crippen molar-refractivity contribution < 1.29 is 19.1 Å². The van der Waals surface area contributed by atoms with Crippen LogP contribution < -0.4 is 0 Å². The van der Waals surface area contributed by atoms with Crippen molar-refractivity contribution in [3.05, 3.63) is 0 Å². The molecule has 0 radical (unpaired) electrons. The fourth-order valence-corrected chi connectivity index (χ4v) is 1.76. The van der Waals surface area contributed by atoms with Crippen LogP contribution in [0.5, 0.6) is 0 Å². The van der Waals surface area contributed by atoms with Crippen molar-refractivity contribution in [1.82, 2.24) is 9.80 Å². The molecule has 1 fully saturated rings. The molecular weight excluding hydrogens is 224 g/mol. The number of likely N-dealkylation sites (tertiary alicyclic amines) is 1. The second-order valence-corrected chi connectivity index (χ2v) is 4.22. The van der Waals surface area contributed by atoms with Gasteiger partial charge in [-0.15, -0.1) is 0 Å². The molecule has 1 aliphatic heterocycles. The van der Waals surface area contributed by atoms with Gasteiger partial charge in [-0.05, 0) is 6.42 Å². The summed E-state index contributed by atoms with van der Waals surface area (Å²) in [4.78, 5) is 37.0. The lowest BCUT2D eigenvalue weighted by atomic mass is 10.1. The Morgan fingerprint density at radius 1 is 1.41 bits per heavy atom. The molecule has 1 aliphatic rings. The molecule has 0 aromatic carbocycles. The predicted octanol–water partition coefficient (Wildman–Crippen LogP) is -0.514. The third-order valence-electron chi connectivity index (χ3n) is 2.99. The van der Waals surface area contributed by atoms with Gasteiger partial charge in [0.05, 0.1) is 19.6 Å². The molecule has 1 saturated heterocycles. The molecule has 1 rings (SSSR count). The van der Waals surface area contributed by atoms with Crippen LogP contribution in [0.2, 0.25) is 0 Å². The highest BCUT2D eigenvalue weighted by Gasteiger charge is 2.31. The van der Waals surface area contributed by atoms with Gasteiger partial charge in [0.15, 0.2) is 0 Å². The molecule has 0 spiro atoms. The smallest absolute Gasteiger partial charge is 0.310 e. The van der Waals surface area contributed by atoms with Crippen LogP contribution in [-0.4, -0.2) is 61.4 Å². The molecule has 0 bridgehead atoms. The highest BCUT2D eigenvalue weighted by atomic mass is 16.5. The van der Waals surface area contributed by atoms with E-state index >= 15 is 0 Å². The maximum atomic E-state index is 11.8. The Hall–Kier alpha value is -1.59. The molecule has 0 aliphatic carbocycles. The van der Waals surface area contributed by atoms with E-state index < -0.39 is 0 Å². The van der Waals surface area contributed by atoms with Gasteiger partial charge in [-0.3, -0.25) is 14.4 Å². The Morgan fingerprint density at radius 3 is 2.59 bits per heavy atom. The first-order valence-corrected chi connectivity index (χ1v) is 5.53. The molecule has 0 aromatic rings. The van der Waals surface area contributed by atoms with E-state index in [9.17, 15) is 14.4 Å². The fourth-order valence-electron chi connectivity index (χ4n) is 1.76. The van der Waals surface area contributed by atoms with Crippen LogP contribution in [0.15, 0.2) is 0 Å². The van der Waals surface area contributed by atoms with E-state index in [4.69, 9.17) is 0 Å². The van der Waals surface area contributed by atoms with Gasteiger partial charge in [0.25, 0.3) is 0 Å². The molecular formula is C11H18N2O4. The fraction of sp³-hybridized carbons (Fsp3) is 0.727. The number of ether oxygens (including phenoxy) is 1. The highest BCUT2D eigenvalue weighted by molar-refractivity contribution is 5.84. The van der Waals surface area contributed by atoms with Crippen LogP contribution in [-0.2, 0) is 19.1 Å². The number of carbonyl (C=O) groups is 3. The van der Waals surface area contributed by atoms with Crippen molar-refractivity contribution in [3.8, 4) is 0 Å². The molecule has 0 N–H and O–H groups in total. The van der Waals surface area contributed by atoms with E-state index in [1.54, 1.807) is 11.9 Å². The van der Waals surface area contributed by atoms with Crippen molar-refractivity contribution in [2.75, 3.05) is 33.8 Å². The number of carbonyl (C=O) groups excluding carboxylic acids is 3. The summed E-state index contributed by atoms with van der Waals surface area (Å²) in [6, 6.07) is 0. The van der Waals surface area contributed by atoms with Crippen LogP contribution in [0.4, 0.5) is 0 Å². The summed E-state index contributed by atoms with van der Waals surface area (Å²) < 4.78 is 4.64. The zero-order valence-corrected chi connectivity index (χ0v) is 10.4. The number of nitrogens with zero attached hydrogens (tertiary/aromatic N) is 2. The summed E-state index contributed by atoms with van der Waals surface area (Å²) in [6.45, 7) is 2.40. The van der Waals surface area contributed by atoms with Gasteiger partial charge in [-0.25, -0.2) is 0 Å². The van der Waals surface area contributed by atoms with Crippen LogP contribution in [0, 0.1) is 5.92 Å². The Kier molecular flexibility index (Phi) is 4.48. The van der Waals surface area contributed by atoms with Gasteiger partial charge in [0.1, 0.15) is 0 Å². The minimum Gasteiger partial charge on any atom is -0.469 e. The van der Waals surface area contributed by atoms with Gasteiger partial charge in [-0.1, -0.05) is 0 Å². The minimum absolute atomic E-state index is 0.0588. The number of hydrogen-bond acceptors (Lipinski definition) is 4. The zero-order valence-electron chi connectivity index (χ0n) is 10.4. The summed E-state index contributed by atoms with van der Waals surface area (Å²) in [6.07, 6.45) is 0.627. The lowest BCUT2D eigenvalue weighted by Gasteiger charge is -2.20. The van der Waals surface area contributed by atoms with Gasteiger partial charge in [-0.2, -0.15) is 0 Å². The summed E-state index contributed by atoms with van der Waals surface area (Å²) in [5.41, 5.74) is 0. The summed E-state index contributed by atoms with van der Waals surface area (Å²) in [7, 11) is 2.92. The quantitative estimate of drug-likeness (QED) is 0.625. The number of esters is 1. The largest absolute Gasteiger partial charge is 0.469 e. The highest BCUT2D eigenvalue weighted by Crippen LogP contribution is 2.17. The van der Waals surface area contributed by atoms with Crippen LogP contribution in [0.3, 0.4) is 0 Å². The molecule has 2 amide bonds. The van der Waals surface area contributed by atoms with Crippen LogP contribution in [0.25, 0.3) is 0 Å². The number of likely N-dealkylation sites (N-methyl/N-ethyl adjacent to an activating group) is 1. The number of hydrogen-bond donors (Lipinski definition) is 0. The third-order valence-corrected chi connectivity index (χ3v) is 2.99. The van der Waals surface area contributed by atoms with Crippen molar-refractivity contribution in [1.29, 1.82) is 0 Å². The minimum atomic E-state index is -0.278. The van der Waals surface area contributed by atoms with E-state index in [2.05, 4.69) is 4.74 Å². The first kappa shape index (κ1) is 13.5. The number of methoxy groups -OCH3 is 1. The topological polar surface area (TPSA) is 66.9 Å². The normalized spacial score (nSPS) is 19.0. The van der Waals surface area contributed by atoms with E-state index in [1.807, 2.05) is 0 Å². The van der Waals surface area contributed by atoms with Crippen LogP contribution in [0.1, 0.15) is 13.3 Å². The summed E-state index contributed by atoms with van der Waals surface area (Å²) >= 11 is 0. The third kappa shape index (κ3) is 3.44. The molecule has 6 nitrogen and oxygen atoms in total. The van der Waals surface area contributed by atoms with Crippen molar-refractivity contribution in [3.63, 3.8) is 0 Å². The monoisotopic (exact) mass is 242 g/mol. The van der Waals surface area contributed by atoms with Crippen molar-refractivity contribution in [2.45, 2.75) is 13.3 Å². The Balaban J connectivity index is 2.45.